The van der Waals surface area contributed by atoms with Crippen molar-refractivity contribution in [3.63, 3.8) is 0 Å². The van der Waals surface area contributed by atoms with E-state index in [2.05, 4.69) is 0 Å². The molecule has 1 fully saturated rings. The van der Waals surface area contributed by atoms with Gasteiger partial charge in [-0.1, -0.05) is 35.4 Å². The lowest BCUT2D eigenvalue weighted by Crippen LogP contribution is -2.56. The third kappa shape index (κ3) is 2.11. The number of halogens is 3. The van der Waals surface area contributed by atoms with Crippen LogP contribution in [0.2, 0.25) is 0 Å². The van der Waals surface area contributed by atoms with Gasteiger partial charge in [-0.15, -0.1) is 11.6 Å². The molecule has 0 aromatic rings. The maximum atomic E-state index is 12.5. The highest BCUT2D eigenvalue weighted by molar-refractivity contribution is 6.39. The molecule has 0 saturated heterocycles. The summed E-state index contributed by atoms with van der Waals surface area (Å²) in [4.78, 5) is 23.9. The lowest BCUT2D eigenvalue weighted by molar-refractivity contribution is -0.163. The number of hydrogen-bond donors (Lipinski definition) is 0. The number of rotatable bonds is 1. The van der Waals surface area contributed by atoms with E-state index in [-0.39, 0.29) is 35.6 Å². The van der Waals surface area contributed by atoms with Crippen LogP contribution in [-0.4, -0.2) is 23.2 Å². The molecular weight excluding hydrogens is 323 g/mol. The van der Waals surface area contributed by atoms with Crippen LogP contribution in [0.4, 0.5) is 0 Å². The first kappa shape index (κ1) is 14.4. The first-order chi connectivity index (χ1) is 9.40. The minimum absolute atomic E-state index is 0.0771. The molecule has 6 atom stereocenters. The van der Waals surface area contributed by atoms with Crippen LogP contribution in [-0.2, 0) is 14.3 Å². The highest BCUT2D eigenvalue weighted by Gasteiger charge is 2.56. The molecule has 3 rings (SSSR count). The highest BCUT2D eigenvalue weighted by Crippen LogP contribution is 2.52. The fourth-order valence-electron chi connectivity index (χ4n) is 3.60. The maximum Gasteiger partial charge on any atom is 0.302 e. The van der Waals surface area contributed by atoms with E-state index >= 15 is 0 Å². The van der Waals surface area contributed by atoms with Crippen LogP contribution in [0.15, 0.2) is 22.2 Å². The van der Waals surface area contributed by atoms with Gasteiger partial charge in [0.25, 0.3) is 0 Å². The zero-order chi connectivity index (χ0) is 14.6. The van der Waals surface area contributed by atoms with E-state index in [0.29, 0.717) is 16.5 Å². The number of carbonyl (C=O) groups excluding carboxylic acids is 2. The smallest absolute Gasteiger partial charge is 0.302 e. The van der Waals surface area contributed by atoms with Gasteiger partial charge in [-0.25, -0.2) is 0 Å². The Kier molecular flexibility index (Phi) is 3.64. The molecule has 0 amide bonds. The maximum absolute atomic E-state index is 12.5. The third-order valence-electron chi connectivity index (χ3n) is 4.36. The van der Waals surface area contributed by atoms with Crippen molar-refractivity contribution in [2.24, 2.45) is 23.7 Å². The van der Waals surface area contributed by atoms with Gasteiger partial charge < -0.3 is 4.74 Å². The second-order valence-corrected chi connectivity index (χ2v) is 6.93. The molecule has 0 spiro atoms. The van der Waals surface area contributed by atoms with E-state index in [9.17, 15) is 9.59 Å². The molecular formula is C14H13Cl3O3. The average Bonchev–Trinajstić information content (AvgIpc) is 2.35. The monoisotopic (exact) mass is 334 g/mol. The van der Waals surface area contributed by atoms with Crippen molar-refractivity contribution in [2.75, 3.05) is 0 Å². The van der Waals surface area contributed by atoms with Crippen LogP contribution < -0.4 is 0 Å². The van der Waals surface area contributed by atoms with Crippen molar-refractivity contribution in [2.45, 2.75) is 24.8 Å². The van der Waals surface area contributed by atoms with Gasteiger partial charge in [-0.05, 0) is 6.42 Å². The van der Waals surface area contributed by atoms with Crippen molar-refractivity contribution in [3.8, 4) is 0 Å². The van der Waals surface area contributed by atoms with E-state index < -0.39 is 11.3 Å². The van der Waals surface area contributed by atoms with Crippen LogP contribution in [0.3, 0.4) is 0 Å². The predicted molar refractivity (Wildman–Crippen MR) is 76.7 cm³/mol. The number of Topliss-reactive ketones (excluding diaryl/α,β-unsaturated/α-hetero) is 1. The molecule has 3 aliphatic rings. The Morgan fingerprint density at radius 2 is 2.05 bits per heavy atom. The first-order valence-electron chi connectivity index (χ1n) is 6.48. The van der Waals surface area contributed by atoms with E-state index in [1.54, 1.807) is 12.2 Å². The number of allylic oxidation sites excluding steroid dienone is 3. The van der Waals surface area contributed by atoms with Crippen molar-refractivity contribution in [1.82, 2.24) is 0 Å². The molecule has 20 heavy (non-hydrogen) atoms. The van der Waals surface area contributed by atoms with E-state index in [0.717, 1.165) is 0 Å². The van der Waals surface area contributed by atoms with Crippen molar-refractivity contribution in [3.05, 3.63) is 22.2 Å². The second kappa shape index (κ2) is 5.04. The fraction of sp³-hybridized carbons (Fsp3) is 0.571. The van der Waals surface area contributed by atoms with Gasteiger partial charge in [0.05, 0.1) is 5.38 Å². The largest absolute Gasteiger partial charge is 0.462 e. The minimum Gasteiger partial charge on any atom is -0.462 e. The molecule has 0 aromatic heterocycles. The summed E-state index contributed by atoms with van der Waals surface area (Å²) in [7, 11) is 0. The molecule has 0 aliphatic heterocycles. The van der Waals surface area contributed by atoms with Crippen molar-refractivity contribution in [1.29, 1.82) is 0 Å². The Labute approximate surface area is 131 Å². The summed E-state index contributed by atoms with van der Waals surface area (Å²) in [5.41, 5.74) is 0. The van der Waals surface area contributed by atoms with Crippen LogP contribution in [0.25, 0.3) is 0 Å². The molecule has 108 valence electrons. The fourth-order valence-corrected chi connectivity index (χ4v) is 4.56. The Bertz CT molecular complexity index is 540. The van der Waals surface area contributed by atoms with Crippen LogP contribution >= 0.6 is 34.8 Å². The van der Waals surface area contributed by atoms with Gasteiger partial charge in [-0.3, -0.25) is 9.59 Å². The molecule has 1 saturated carbocycles. The lowest BCUT2D eigenvalue weighted by atomic mass is 9.59. The number of carbonyl (C=O) groups is 2. The zero-order valence-electron chi connectivity index (χ0n) is 10.7. The molecule has 0 radical (unpaired) electrons. The molecule has 3 aliphatic carbocycles. The third-order valence-corrected chi connectivity index (χ3v) is 5.62. The van der Waals surface area contributed by atoms with Gasteiger partial charge in [0, 0.05) is 40.7 Å². The molecule has 0 N–H and O–H groups in total. The predicted octanol–water partition coefficient (Wildman–Crippen LogP) is 3.24. The molecule has 6 unspecified atom stereocenters. The Hall–Kier alpha value is -0.510. The van der Waals surface area contributed by atoms with Gasteiger partial charge in [0.15, 0.2) is 0 Å². The number of ketones is 1. The van der Waals surface area contributed by atoms with Crippen molar-refractivity contribution >= 4 is 46.6 Å². The summed E-state index contributed by atoms with van der Waals surface area (Å²) in [5.74, 6) is -1.57. The highest BCUT2D eigenvalue weighted by atomic mass is 35.5. The molecule has 6 heteroatoms. The minimum atomic E-state index is -0.580. The summed E-state index contributed by atoms with van der Waals surface area (Å²) >= 11 is 18.6. The number of esters is 1. The van der Waals surface area contributed by atoms with E-state index in [1.807, 2.05) is 0 Å². The quantitative estimate of drug-likeness (QED) is 0.546. The summed E-state index contributed by atoms with van der Waals surface area (Å²) in [5, 5.41) is 0.619. The van der Waals surface area contributed by atoms with E-state index in [1.165, 1.54) is 6.92 Å². The number of hydrogen-bond acceptors (Lipinski definition) is 3. The molecule has 4 bridgehead atoms. The van der Waals surface area contributed by atoms with Crippen molar-refractivity contribution < 1.29 is 14.3 Å². The topological polar surface area (TPSA) is 43.4 Å². The summed E-state index contributed by atoms with van der Waals surface area (Å²) in [6.07, 6.45) is 3.66. The Morgan fingerprint density at radius 3 is 2.70 bits per heavy atom. The molecule has 3 nitrogen and oxygen atoms in total. The zero-order valence-corrected chi connectivity index (χ0v) is 13.0. The normalized spacial score (nSPS) is 42.7. The standard InChI is InChI=1S/C14H13Cl3O3/c1-5(18)20-14-8-2-6(15)3-9(14)11-12(17)10(16)4-7(8)13(11)19/h3-4,7-9,11-12,14H,2H2,1H3. The number of fused-ring (bicyclic) bond motifs is 6. The SMILES string of the molecule is CC(=O)OC1C2C=C(Cl)CC1C1C=C(Cl)C(Cl)C2C1=O. The summed E-state index contributed by atoms with van der Waals surface area (Å²) < 4.78 is 5.45. The number of alkyl halides is 1. The summed E-state index contributed by atoms with van der Waals surface area (Å²) in [6, 6.07) is 0. The van der Waals surface area contributed by atoms with Gasteiger partial charge >= 0.3 is 5.97 Å². The molecule has 0 heterocycles. The van der Waals surface area contributed by atoms with Crippen LogP contribution in [0.1, 0.15) is 13.3 Å². The second-order valence-electron chi connectivity index (χ2n) is 5.54. The van der Waals surface area contributed by atoms with Gasteiger partial charge in [-0.2, -0.15) is 0 Å². The number of ether oxygens (including phenoxy) is 1. The average molecular weight is 336 g/mol. The van der Waals surface area contributed by atoms with Gasteiger partial charge in [0.2, 0.25) is 0 Å². The first-order valence-corrected chi connectivity index (χ1v) is 7.68. The summed E-state index contributed by atoms with van der Waals surface area (Å²) in [6.45, 7) is 1.37. The Morgan fingerprint density at radius 1 is 1.35 bits per heavy atom. The lowest BCUT2D eigenvalue weighted by Gasteiger charge is -2.49. The molecule has 0 aromatic carbocycles. The van der Waals surface area contributed by atoms with E-state index in [4.69, 9.17) is 39.5 Å². The van der Waals surface area contributed by atoms with Crippen LogP contribution in [0, 0.1) is 23.7 Å². The van der Waals surface area contributed by atoms with Gasteiger partial charge in [0.1, 0.15) is 11.9 Å². The Balaban J connectivity index is 2.08. The van der Waals surface area contributed by atoms with Crippen LogP contribution in [0.5, 0.6) is 0 Å².